The lowest BCUT2D eigenvalue weighted by Gasteiger charge is -2.04. The zero-order chi connectivity index (χ0) is 15.6. The van der Waals surface area contributed by atoms with E-state index in [-0.39, 0.29) is 0 Å². The van der Waals surface area contributed by atoms with Gasteiger partial charge in [0, 0.05) is 38.5 Å². The molecule has 1 nitrogen and oxygen atoms in total. The van der Waals surface area contributed by atoms with Gasteiger partial charge in [0.2, 0.25) is 0 Å². The maximum atomic E-state index is 4.23. The van der Waals surface area contributed by atoms with Crippen LogP contribution in [0, 0.1) is 0 Å². The van der Waals surface area contributed by atoms with Gasteiger partial charge in [-0.1, -0.05) is 30.3 Å². The van der Waals surface area contributed by atoms with Gasteiger partial charge in [-0.15, -0.1) is 23.1 Å². The molecule has 0 aliphatic rings. The SMILES string of the molecule is CSc1ccc(-c2ccc3c(-c4cccnc4)csc3c2)cc1. The van der Waals surface area contributed by atoms with Gasteiger partial charge >= 0.3 is 0 Å². The van der Waals surface area contributed by atoms with Crippen molar-refractivity contribution in [1.82, 2.24) is 4.98 Å². The number of hydrogen-bond acceptors (Lipinski definition) is 3. The predicted molar refractivity (Wildman–Crippen MR) is 102 cm³/mol. The van der Waals surface area contributed by atoms with Crippen LogP contribution in [-0.4, -0.2) is 11.2 Å². The highest BCUT2D eigenvalue weighted by Gasteiger charge is 2.08. The zero-order valence-corrected chi connectivity index (χ0v) is 14.3. The van der Waals surface area contributed by atoms with Gasteiger partial charge in [-0.05, 0) is 47.0 Å². The highest BCUT2D eigenvalue weighted by molar-refractivity contribution is 7.98. The molecule has 4 rings (SSSR count). The van der Waals surface area contributed by atoms with Crippen molar-refractivity contribution in [1.29, 1.82) is 0 Å². The lowest BCUT2D eigenvalue weighted by Crippen LogP contribution is -1.79. The van der Waals surface area contributed by atoms with E-state index in [1.54, 1.807) is 23.1 Å². The molecule has 0 aliphatic carbocycles. The van der Waals surface area contributed by atoms with Crippen molar-refractivity contribution >= 4 is 33.2 Å². The van der Waals surface area contributed by atoms with Crippen LogP contribution in [0.4, 0.5) is 0 Å². The van der Waals surface area contributed by atoms with Gasteiger partial charge in [0.25, 0.3) is 0 Å². The van der Waals surface area contributed by atoms with Crippen LogP contribution in [0.25, 0.3) is 32.3 Å². The van der Waals surface area contributed by atoms with Crippen LogP contribution in [0.5, 0.6) is 0 Å². The molecule has 0 spiro atoms. The quantitative estimate of drug-likeness (QED) is 0.405. The molecule has 0 atom stereocenters. The summed E-state index contributed by atoms with van der Waals surface area (Å²) in [6.45, 7) is 0. The fraction of sp³-hybridized carbons (Fsp3) is 0.0500. The van der Waals surface area contributed by atoms with Gasteiger partial charge in [0.05, 0.1) is 0 Å². The fourth-order valence-corrected chi connectivity index (χ4v) is 4.15. The summed E-state index contributed by atoms with van der Waals surface area (Å²) in [7, 11) is 0. The van der Waals surface area contributed by atoms with E-state index in [0.717, 1.165) is 0 Å². The number of thioether (sulfide) groups is 1. The van der Waals surface area contributed by atoms with Crippen molar-refractivity contribution in [3.8, 4) is 22.3 Å². The third-order valence-corrected chi connectivity index (χ3v) is 5.66. The van der Waals surface area contributed by atoms with Gasteiger partial charge < -0.3 is 0 Å². The summed E-state index contributed by atoms with van der Waals surface area (Å²) in [6.07, 6.45) is 5.84. The molecule has 0 saturated heterocycles. The average Bonchev–Trinajstić information content (AvgIpc) is 3.06. The summed E-state index contributed by atoms with van der Waals surface area (Å²) in [4.78, 5) is 5.53. The maximum Gasteiger partial charge on any atom is 0.0355 e. The standard InChI is InChI=1S/C20H15NS2/c1-22-17-7-4-14(5-8-17)15-6-9-18-19(13-23-20(18)11-15)16-3-2-10-21-12-16/h2-13H,1H3. The molecule has 0 bridgehead atoms. The Labute approximate surface area is 144 Å². The van der Waals surface area contributed by atoms with E-state index in [9.17, 15) is 0 Å². The second-order valence-corrected chi connectivity index (χ2v) is 7.12. The van der Waals surface area contributed by atoms with Crippen molar-refractivity contribution in [2.24, 2.45) is 0 Å². The molecular weight excluding hydrogens is 318 g/mol. The molecule has 2 aromatic carbocycles. The number of pyridine rings is 1. The van der Waals surface area contributed by atoms with Crippen LogP contribution in [0.3, 0.4) is 0 Å². The van der Waals surface area contributed by atoms with Crippen LogP contribution in [0.15, 0.2) is 77.3 Å². The Bertz CT molecular complexity index is 940. The first kappa shape index (κ1) is 14.5. The highest BCUT2D eigenvalue weighted by atomic mass is 32.2. The summed E-state index contributed by atoms with van der Waals surface area (Å²) in [6, 6.07) is 19.6. The molecule has 3 heteroatoms. The molecular formula is C20H15NS2. The number of hydrogen-bond donors (Lipinski definition) is 0. The van der Waals surface area contributed by atoms with Crippen molar-refractivity contribution < 1.29 is 0 Å². The van der Waals surface area contributed by atoms with Crippen LogP contribution in [0.1, 0.15) is 0 Å². The fourth-order valence-electron chi connectivity index (χ4n) is 2.74. The third-order valence-electron chi connectivity index (χ3n) is 3.97. The van der Waals surface area contributed by atoms with Crippen molar-refractivity contribution in [3.05, 3.63) is 72.4 Å². The van der Waals surface area contributed by atoms with E-state index in [4.69, 9.17) is 0 Å². The molecule has 0 amide bonds. The molecule has 0 unspecified atom stereocenters. The van der Waals surface area contributed by atoms with Crippen molar-refractivity contribution in [3.63, 3.8) is 0 Å². The van der Waals surface area contributed by atoms with Gasteiger partial charge in [0.1, 0.15) is 0 Å². The van der Waals surface area contributed by atoms with Crippen LogP contribution < -0.4 is 0 Å². The summed E-state index contributed by atoms with van der Waals surface area (Å²) in [5.41, 5.74) is 4.98. The largest absolute Gasteiger partial charge is 0.264 e. The Balaban J connectivity index is 1.77. The number of nitrogens with zero attached hydrogens (tertiary/aromatic N) is 1. The summed E-state index contributed by atoms with van der Waals surface area (Å²) >= 11 is 3.57. The van der Waals surface area contributed by atoms with E-state index in [1.165, 1.54) is 37.2 Å². The monoisotopic (exact) mass is 333 g/mol. The normalized spacial score (nSPS) is 11.0. The van der Waals surface area contributed by atoms with E-state index in [2.05, 4.69) is 65.2 Å². The molecule has 0 fully saturated rings. The van der Waals surface area contributed by atoms with Gasteiger partial charge in [0.15, 0.2) is 0 Å². The lowest BCUT2D eigenvalue weighted by molar-refractivity contribution is 1.33. The Hall–Kier alpha value is -2.10. The minimum Gasteiger partial charge on any atom is -0.264 e. The second-order valence-electron chi connectivity index (χ2n) is 5.33. The van der Waals surface area contributed by atoms with E-state index >= 15 is 0 Å². The Morgan fingerprint density at radius 3 is 2.48 bits per heavy atom. The minimum atomic E-state index is 1.18. The first-order chi connectivity index (χ1) is 11.3. The topological polar surface area (TPSA) is 12.9 Å². The smallest absolute Gasteiger partial charge is 0.0355 e. The lowest BCUT2D eigenvalue weighted by atomic mass is 10.0. The molecule has 0 saturated carbocycles. The van der Waals surface area contributed by atoms with Crippen LogP contribution >= 0.6 is 23.1 Å². The average molecular weight is 333 g/mol. The summed E-state index contributed by atoms with van der Waals surface area (Å²) in [5.74, 6) is 0. The molecule has 0 N–H and O–H groups in total. The van der Waals surface area contributed by atoms with E-state index in [1.807, 2.05) is 18.5 Å². The van der Waals surface area contributed by atoms with Gasteiger partial charge in [-0.2, -0.15) is 0 Å². The maximum absolute atomic E-state index is 4.23. The second kappa shape index (κ2) is 6.19. The Morgan fingerprint density at radius 2 is 1.74 bits per heavy atom. The van der Waals surface area contributed by atoms with Crippen LogP contribution in [-0.2, 0) is 0 Å². The third kappa shape index (κ3) is 2.78. The number of aromatic nitrogens is 1. The first-order valence-corrected chi connectivity index (χ1v) is 9.52. The van der Waals surface area contributed by atoms with Crippen molar-refractivity contribution in [2.45, 2.75) is 4.90 Å². The van der Waals surface area contributed by atoms with Crippen LogP contribution in [0.2, 0.25) is 0 Å². The molecule has 0 aliphatic heterocycles. The summed E-state index contributed by atoms with van der Waals surface area (Å²) < 4.78 is 1.32. The van der Waals surface area contributed by atoms with E-state index in [0.29, 0.717) is 0 Å². The number of fused-ring (bicyclic) bond motifs is 1. The summed E-state index contributed by atoms with van der Waals surface area (Å²) in [5, 5.41) is 3.52. The minimum absolute atomic E-state index is 1.18. The molecule has 2 aromatic heterocycles. The Kier molecular flexibility index (Phi) is 3.90. The molecule has 2 heterocycles. The molecule has 23 heavy (non-hydrogen) atoms. The number of benzene rings is 2. The zero-order valence-electron chi connectivity index (χ0n) is 12.7. The number of rotatable bonds is 3. The molecule has 4 aromatic rings. The van der Waals surface area contributed by atoms with Crippen molar-refractivity contribution in [2.75, 3.05) is 6.26 Å². The molecule has 112 valence electrons. The van der Waals surface area contributed by atoms with Gasteiger partial charge in [-0.25, -0.2) is 0 Å². The first-order valence-electron chi connectivity index (χ1n) is 7.41. The molecule has 0 radical (unpaired) electrons. The number of thiophene rings is 1. The predicted octanol–water partition coefficient (Wildman–Crippen LogP) is 6.35. The van der Waals surface area contributed by atoms with Gasteiger partial charge in [-0.3, -0.25) is 4.98 Å². The van der Waals surface area contributed by atoms with E-state index < -0.39 is 0 Å². The Morgan fingerprint density at radius 1 is 0.913 bits per heavy atom. The highest BCUT2D eigenvalue weighted by Crippen LogP contribution is 2.36.